The van der Waals surface area contributed by atoms with Crippen LogP contribution in [0, 0.1) is 19.8 Å². The van der Waals surface area contributed by atoms with Gasteiger partial charge in [-0.25, -0.2) is 9.59 Å². The van der Waals surface area contributed by atoms with Gasteiger partial charge in [0.2, 0.25) is 0 Å². The third-order valence-electron chi connectivity index (χ3n) is 6.04. The van der Waals surface area contributed by atoms with Gasteiger partial charge in [0.15, 0.2) is 0 Å². The SMILES string of the molecule is CCn1ncc2c1C(COCC1CC1)N(Cc1c(C)noc1C)CC2.O=C(O)C(F)(F)F.O=C(O)C(F)(F)F. The second kappa shape index (κ2) is 13.3. The van der Waals surface area contributed by atoms with E-state index in [0.717, 1.165) is 56.6 Å². The van der Waals surface area contributed by atoms with Gasteiger partial charge in [-0.2, -0.15) is 31.4 Å². The maximum absolute atomic E-state index is 10.6. The van der Waals surface area contributed by atoms with Crippen molar-refractivity contribution >= 4 is 11.9 Å². The highest BCUT2D eigenvalue weighted by Crippen LogP contribution is 2.34. The predicted octanol–water partition coefficient (Wildman–Crippen LogP) is 4.30. The molecule has 0 bridgehead atoms. The molecule has 1 unspecified atom stereocenters. The molecule has 16 heteroatoms. The van der Waals surface area contributed by atoms with Crippen LogP contribution in [0.15, 0.2) is 10.7 Å². The molecule has 1 aliphatic carbocycles. The first-order chi connectivity index (χ1) is 18.1. The topological polar surface area (TPSA) is 131 Å². The molecule has 0 spiro atoms. The molecule has 2 N–H and O–H groups in total. The van der Waals surface area contributed by atoms with Crippen LogP contribution in [0.4, 0.5) is 26.3 Å². The highest BCUT2D eigenvalue weighted by Gasteiger charge is 2.39. The van der Waals surface area contributed by atoms with E-state index in [0.29, 0.717) is 0 Å². The van der Waals surface area contributed by atoms with Gasteiger partial charge in [0.05, 0.1) is 30.2 Å². The third-order valence-corrected chi connectivity index (χ3v) is 6.04. The second-order valence-electron chi connectivity index (χ2n) is 9.00. The molecular formula is C23H30F6N4O6. The Bertz CT molecular complexity index is 1050. The van der Waals surface area contributed by atoms with Gasteiger partial charge in [-0.1, -0.05) is 5.16 Å². The molecule has 10 nitrogen and oxygen atoms in total. The molecule has 3 heterocycles. The molecule has 0 amide bonds. The van der Waals surface area contributed by atoms with Gasteiger partial charge in [-0.15, -0.1) is 0 Å². The van der Waals surface area contributed by atoms with E-state index >= 15 is 0 Å². The van der Waals surface area contributed by atoms with Crippen molar-refractivity contribution in [3.8, 4) is 0 Å². The first kappa shape index (κ1) is 32.1. The number of carboxylic acids is 2. The number of hydrogen-bond acceptors (Lipinski definition) is 7. The smallest absolute Gasteiger partial charge is 0.475 e. The Morgan fingerprint density at radius 1 is 1.08 bits per heavy atom. The molecule has 2 aliphatic rings. The fraction of sp³-hybridized carbons (Fsp3) is 0.652. The van der Waals surface area contributed by atoms with Gasteiger partial charge in [0, 0.05) is 31.8 Å². The summed E-state index contributed by atoms with van der Waals surface area (Å²) in [4.78, 5) is 20.3. The minimum absolute atomic E-state index is 0.249. The number of carbonyl (C=O) groups is 2. The normalized spacial score (nSPS) is 17.4. The average molecular weight is 573 g/mol. The summed E-state index contributed by atoms with van der Waals surface area (Å²) in [5.74, 6) is -3.81. The fourth-order valence-corrected chi connectivity index (χ4v) is 3.79. The summed E-state index contributed by atoms with van der Waals surface area (Å²) in [6.07, 6.45) is -4.44. The minimum atomic E-state index is -5.08. The number of nitrogens with zero attached hydrogens (tertiary/aromatic N) is 4. The molecule has 2 aromatic rings. The largest absolute Gasteiger partial charge is 0.490 e. The summed E-state index contributed by atoms with van der Waals surface area (Å²) in [6, 6.07) is 0.249. The van der Waals surface area contributed by atoms with E-state index < -0.39 is 24.3 Å². The van der Waals surface area contributed by atoms with Crippen LogP contribution in [0.3, 0.4) is 0 Å². The number of aromatic nitrogens is 3. The molecule has 0 saturated heterocycles. The quantitative estimate of drug-likeness (QED) is 0.467. The van der Waals surface area contributed by atoms with Crippen LogP contribution in [0.25, 0.3) is 0 Å². The molecule has 4 rings (SSSR count). The van der Waals surface area contributed by atoms with Crippen molar-refractivity contribution in [3.63, 3.8) is 0 Å². The van der Waals surface area contributed by atoms with Crippen LogP contribution in [0.2, 0.25) is 0 Å². The van der Waals surface area contributed by atoms with Gasteiger partial charge in [0.1, 0.15) is 5.76 Å². The Morgan fingerprint density at radius 3 is 2.08 bits per heavy atom. The highest BCUT2D eigenvalue weighted by molar-refractivity contribution is 5.73. The lowest BCUT2D eigenvalue weighted by Gasteiger charge is -2.36. The Balaban J connectivity index is 0.000000317. The van der Waals surface area contributed by atoms with Crippen LogP contribution in [-0.4, -0.2) is 74.1 Å². The summed E-state index contributed by atoms with van der Waals surface area (Å²) in [5.41, 5.74) is 4.90. The number of fused-ring (bicyclic) bond motifs is 1. The lowest BCUT2D eigenvalue weighted by Crippen LogP contribution is -2.39. The number of aryl methyl sites for hydroxylation is 3. The van der Waals surface area contributed by atoms with E-state index in [1.165, 1.54) is 29.7 Å². The zero-order valence-electron chi connectivity index (χ0n) is 21.5. The van der Waals surface area contributed by atoms with Crippen molar-refractivity contribution in [2.45, 2.75) is 71.5 Å². The van der Waals surface area contributed by atoms with Crippen molar-refractivity contribution in [2.75, 3.05) is 19.8 Å². The molecule has 1 aliphatic heterocycles. The number of ether oxygens (including phenoxy) is 1. The maximum atomic E-state index is 10.6. The van der Waals surface area contributed by atoms with E-state index in [-0.39, 0.29) is 6.04 Å². The Morgan fingerprint density at radius 2 is 1.64 bits per heavy atom. The van der Waals surface area contributed by atoms with Gasteiger partial charge in [0.25, 0.3) is 0 Å². The summed E-state index contributed by atoms with van der Waals surface area (Å²) >= 11 is 0. The molecule has 220 valence electrons. The number of alkyl halides is 6. The maximum Gasteiger partial charge on any atom is 0.490 e. The standard InChI is InChI=1S/C19H28N4O2.2C2HF3O2/c1-4-23-19-16(9-20-23)7-8-22(10-17-13(2)21-25-14(17)3)18(19)12-24-11-15-5-6-15;2*3-2(4,5)1(6)7/h9,15,18H,4-8,10-12H2,1-3H3;2*(H,6,7). The Labute approximate surface area is 219 Å². The Kier molecular flexibility index (Phi) is 10.9. The molecule has 1 saturated carbocycles. The molecular weight excluding hydrogens is 542 g/mol. The minimum Gasteiger partial charge on any atom is -0.475 e. The van der Waals surface area contributed by atoms with Crippen molar-refractivity contribution < 1.29 is 55.4 Å². The first-order valence-electron chi connectivity index (χ1n) is 11.9. The number of hydrogen-bond donors (Lipinski definition) is 2. The highest BCUT2D eigenvalue weighted by atomic mass is 19.4. The number of carboxylic acid groups (broad SMARTS) is 2. The summed E-state index contributed by atoms with van der Waals surface area (Å²) in [7, 11) is 0. The molecule has 2 aromatic heterocycles. The van der Waals surface area contributed by atoms with Gasteiger partial charge >= 0.3 is 24.3 Å². The lowest BCUT2D eigenvalue weighted by atomic mass is 9.99. The average Bonchev–Trinajstić information content (AvgIpc) is 3.48. The van der Waals surface area contributed by atoms with E-state index in [2.05, 4.69) is 26.8 Å². The van der Waals surface area contributed by atoms with E-state index in [1.54, 1.807) is 0 Å². The zero-order valence-corrected chi connectivity index (χ0v) is 21.5. The van der Waals surface area contributed by atoms with Crippen LogP contribution >= 0.6 is 0 Å². The number of aliphatic carboxylic acids is 2. The number of rotatable bonds is 7. The summed E-state index contributed by atoms with van der Waals surface area (Å²) in [6.45, 7) is 10.6. The van der Waals surface area contributed by atoms with Crippen LogP contribution < -0.4 is 0 Å². The van der Waals surface area contributed by atoms with Gasteiger partial charge < -0.3 is 19.5 Å². The van der Waals surface area contributed by atoms with Gasteiger partial charge in [-0.3, -0.25) is 9.58 Å². The summed E-state index contributed by atoms with van der Waals surface area (Å²) in [5, 5.41) is 23.0. The first-order valence-corrected chi connectivity index (χ1v) is 11.9. The van der Waals surface area contributed by atoms with Crippen LogP contribution in [0.5, 0.6) is 0 Å². The molecule has 1 atom stereocenters. The zero-order chi connectivity index (χ0) is 29.5. The van der Waals surface area contributed by atoms with E-state index in [4.69, 9.17) is 29.1 Å². The lowest BCUT2D eigenvalue weighted by molar-refractivity contribution is -0.193. The van der Waals surface area contributed by atoms with E-state index in [1.807, 2.05) is 20.0 Å². The Hall–Kier alpha value is -3.14. The van der Waals surface area contributed by atoms with Crippen molar-refractivity contribution in [1.29, 1.82) is 0 Å². The van der Waals surface area contributed by atoms with Crippen molar-refractivity contribution in [2.24, 2.45) is 5.92 Å². The van der Waals surface area contributed by atoms with Crippen molar-refractivity contribution in [3.05, 3.63) is 34.5 Å². The number of halogens is 6. The molecule has 39 heavy (non-hydrogen) atoms. The molecule has 0 radical (unpaired) electrons. The third kappa shape index (κ3) is 9.53. The van der Waals surface area contributed by atoms with Crippen molar-refractivity contribution in [1.82, 2.24) is 19.8 Å². The predicted molar refractivity (Wildman–Crippen MR) is 122 cm³/mol. The van der Waals surface area contributed by atoms with Crippen LogP contribution in [0.1, 0.15) is 54.1 Å². The summed E-state index contributed by atoms with van der Waals surface area (Å²) < 4.78 is 77.1. The van der Waals surface area contributed by atoms with Crippen LogP contribution in [-0.2, 0) is 33.8 Å². The fourth-order valence-electron chi connectivity index (χ4n) is 3.79. The molecule has 0 aromatic carbocycles. The monoisotopic (exact) mass is 572 g/mol. The van der Waals surface area contributed by atoms with Gasteiger partial charge in [-0.05, 0) is 51.5 Å². The van der Waals surface area contributed by atoms with E-state index in [9.17, 15) is 26.3 Å². The second-order valence-corrected chi connectivity index (χ2v) is 9.00. The molecule has 1 fully saturated rings.